The summed E-state index contributed by atoms with van der Waals surface area (Å²) >= 11 is 0. The smallest absolute Gasteiger partial charge is 0.407 e. The molecule has 0 unspecified atom stereocenters. The van der Waals surface area contributed by atoms with Crippen LogP contribution in [0.15, 0.2) is 0 Å². The van der Waals surface area contributed by atoms with Crippen LogP contribution < -0.4 is 10.7 Å². The Kier molecular flexibility index (Phi) is 4.68. The van der Waals surface area contributed by atoms with Crippen LogP contribution in [0.4, 0.5) is 4.79 Å². The zero-order valence-electron chi connectivity index (χ0n) is 12.4. The van der Waals surface area contributed by atoms with Crippen LogP contribution in [0, 0.1) is 0 Å². The van der Waals surface area contributed by atoms with Gasteiger partial charge in [-0.1, -0.05) is 6.42 Å². The monoisotopic (exact) mass is 269 g/mol. The Morgan fingerprint density at radius 3 is 2.32 bits per heavy atom. The van der Waals surface area contributed by atoms with Crippen molar-refractivity contribution in [1.82, 2.24) is 15.8 Å². The minimum atomic E-state index is -0.417. The van der Waals surface area contributed by atoms with E-state index in [2.05, 4.69) is 15.8 Å². The third-order valence-electron chi connectivity index (χ3n) is 3.58. The van der Waals surface area contributed by atoms with Crippen LogP contribution in [0.5, 0.6) is 0 Å². The summed E-state index contributed by atoms with van der Waals surface area (Å²) in [7, 11) is 0. The molecule has 1 aliphatic heterocycles. The lowest BCUT2D eigenvalue weighted by Crippen LogP contribution is -2.57. The summed E-state index contributed by atoms with van der Waals surface area (Å²) in [5.74, 6) is 0. The first-order valence-electron chi connectivity index (χ1n) is 7.43. The highest BCUT2D eigenvalue weighted by Crippen LogP contribution is 2.21. The van der Waals surface area contributed by atoms with Gasteiger partial charge in [-0.25, -0.2) is 9.80 Å². The van der Waals surface area contributed by atoms with Crippen LogP contribution in [0.3, 0.4) is 0 Å². The van der Waals surface area contributed by atoms with Gasteiger partial charge in [0, 0.05) is 25.2 Å². The molecule has 0 aromatic rings. The molecule has 0 aromatic heterocycles. The molecule has 2 N–H and O–H groups in total. The number of carbonyl (C=O) groups is 1. The zero-order chi connectivity index (χ0) is 13.9. The van der Waals surface area contributed by atoms with Crippen LogP contribution >= 0.6 is 0 Å². The fourth-order valence-electron chi connectivity index (χ4n) is 2.60. The molecule has 1 saturated heterocycles. The first-order chi connectivity index (χ1) is 8.92. The molecule has 1 heterocycles. The van der Waals surface area contributed by atoms with Crippen molar-refractivity contribution in [3.05, 3.63) is 0 Å². The zero-order valence-corrected chi connectivity index (χ0v) is 12.4. The van der Waals surface area contributed by atoms with Crippen molar-refractivity contribution in [3.8, 4) is 0 Å². The summed E-state index contributed by atoms with van der Waals surface area (Å²) in [5.41, 5.74) is 3.13. The minimum Gasteiger partial charge on any atom is -0.444 e. The van der Waals surface area contributed by atoms with Gasteiger partial charge in [0.2, 0.25) is 0 Å². The van der Waals surface area contributed by atoms with E-state index in [1.807, 2.05) is 20.8 Å². The van der Waals surface area contributed by atoms with Crippen LogP contribution in [-0.4, -0.2) is 41.9 Å². The Bertz CT molecular complexity index is 302. The molecule has 1 saturated carbocycles. The van der Waals surface area contributed by atoms with Gasteiger partial charge in [-0.05, 0) is 46.5 Å². The van der Waals surface area contributed by atoms with Gasteiger partial charge in [0.25, 0.3) is 0 Å². The fraction of sp³-hybridized carbons (Fsp3) is 0.929. The molecular formula is C14H27N3O2. The molecule has 5 heteroatoms. The normalized spacial score (nSPS) is 28.6. The predicted molar refractivity (Wildman–Crippen MR) is 74.7 cm³/mol. The molecule has 2 rings (SSSR count). The highest BCUT2D eigenvalue weighted by atomic mass is 16.6. The summed E-state index contributed by atoms with van der Waals surface area (Å²) in [4.78, 5) is 11.6. The lowest BCUT2D eigenvalue weighted by Gasteiger charge is -2.40. The van der Waals surface area contributed by atoms with E-state index < -0.39 is 5.60 Å². The SMILES string of the molecule is CC(C)(C)OC(=O)NC1CC(NN2CCCCC2)C1. The van der Waals surface area contributed by atoms with Crippen molar-refractivity contribution >= 4 is 6.09 Å². The Hall–Kier alpha value is -0.810. The van der Waals surface area contributed by atoms with Crippen molar-refractivity contribution in [3.63, 3.8) is 0 Å². The number of carbonyl (C=O) groups excluding carboxylic acids is 1. The molecule has 2 aliphatic rings. The second-order valence-electron chi connectivity index (χ2n) is 6.69. The quantitative estimate of drug-likeness (QED) is 0.823. The van der Waals surface area contributed by atoms with E-state index in [4.69, 9.17) is 4.74 Å². The van der Waals surface area contributed by atoms with Crippen molar-refractivity contribution in [1.29, 1.82) is 0 Å². The van der Waals surface area contributed by atoms with Gasteiger partial charge in [0.05, 0.1) is 0 Å². The molecule has 1 aliphatic carbocycles. The molecule has 1 amide bonds. The van der Waals surface area contributed by atoms with E-state index >= 15 is 0 Å². The summed E-state index contributed by atoms with van der Waals surface area (Å²) in [5, 5.41) is 5.25. The Morgan fingerprint density at radius 1 is 1.11 bits per heavy atom. The summed E-state index contributed by atoms with van der Waals surface area (Å²) in [6.45, 7) is 7.96. The number of alkyl carbamates (subject to hydrolysis) is 1. The topological polar surface area (TPSA) is 53.6 Å². The molecule has 0 atom stereocenters. The molecule has 0 aromatic carbocycles. The highest BCUT2D eigenvalue weighted by molar-refractivity contribution is 5.68. The summed E-state index contributed by atoms with van der Waals surface area (Å²) in [6, 6.07) is 0.773. The molecule has 19 heavy (non-hydrogen) atoms. The number of rotatable bonds is 3. The number of piperidine rings is 1. The van der Waals surface area contributed by atoms with E-state index in [9.17, 15) is 4.79 Å². The van der Waals surface area contributed by atoms with Crippen LogP contribution in [0.2, 0.25) is 0 Å². The lowest BCUT2D eigenvalue weighted by molar-refractivity contribution is 0.0410. The average molecular weight is 269 g/mol. The summed E-state index contributed by atoms with van der Waals surface area (Å²) in [6.07, 6.45) is 5.63. The molecule has 0 spiro atoms. The number of ether oxygens (including phenoxy) is 1. The van der Waals surface area contributed by atoms with E-state index in [-0.39, 0.29) is 12.1 Å². The molecular weight excluding hydrogens is 242 g/mol. The lowest BCUT2D eigenvalue weighted by atomic mass is 9.87. The van der Waals surface area contributed by atoms with Crippen LogP contribution in [0.1, 0.15) is 52.9 Å². The molecule has 2 fully saturated rings. The average Bonchev–Trinajstić information content (AvgIpc) is 2.25. The van der Waals surface area contributed by atoms with Gasteiger partial charge in [-0.3, -0.25) is 5.43 Å². The van der Waals surface area contributed by atoms with E-state index in [1.165, 1.54) is 19.3 Å². The second-order valence-corrected chi connectivity index (χ2v) is 6.69. The van der Waals surface area contributed by atoms with Gasteiger partial charge in [0.15, 0.2) is 0 Å². The third-order valence-corrected chi connectivity index (χ3v) is 3.58. The van der Waals surface area contributed by atoms with Crippen LogP contribution in [0.25, 0.3) is 0 Å². The maximum Gasteiger partial charge on any atom is 0.407 e. The number of nitrogens with zero attached hydrogens (tertiary/aromatic N) is 1. The molecule has 0 bridgehead atoms. The Balaban J connectivity index is 1.59. The standard InChI is InChI=1S/C14H27N3O2/c1-14(2,3)19-13(18)15-11-9-12(10-11)16-17-7-5-4-6-8-17/h11-12,16H,4-10H2,1-3H3,(H,15,18). The highest BCUT2D eigenvalue weighted by Gasteiger charge is 2.32. The minimum absolute atomic E-state index is 0.261. The van der Waals surface area contributed by atoms with E-state index in [0.29, 0.717) is 6.04 Å². The van der Waals surface area contributed by atoms with Gasteiger partial charge in [-0.2, -0.15) is 0 Å². The largest absolute Gasteiger partial charge is 0.444 e. The number of nitrogens with one attached hydrogen (secondary N) is 2. The molecule has 5 nitrogen and oxygen atoms in total. The maximum absolute atomic E-state index is 11.6. The fourth-order valence-corrected chi connectivity index (χ4v) is 2.60. The first-order valence-corrected chi connectivity index (χ1v) is 7.43. The van der Waals surface area contributed by atoms with E-state index in [1.54, 1.807) is 0 Å². The Labute approximate surface area is 116 Å². The van der Waals surface area contributed by atoms with Gasteiger partial charge in [0.1, 0.15) is 5.60 Å². The van der Waals surface area contributed by atoms with Crippen molar-refractivity contribution in [2.45, 2.75) is 70.6 Å². The number of hydrogen-bond acceptors (Lipinski definition) is 4. The first kappa shape index (κ1) is 14.6. The number of hydrazine groups is 1. The molecule has 0 radical (unpaired) electrons. The second kappa shape index (κ2) is 6.09. The Morgan fingerprint density at radius 2 is 1.74 bits per heavy atom. The third kappa shape index (κ3) is 4.99. The number of hydrogen-bond donors (Lipinski definition) is 2. The molecule has 110 valence electrons. The van der Waals surface area contributed by atoms with Gasteiger partial charge >= 0.3 is 6.09 Å². The maximum atomic E-state index is 11.6. The van der Waals surface area contributed by atoms with E-state index in [0.717, 1.165) is 25.9 Å². The van der Waals surface area contributed by atoms with Crippen molar-refractivity contribution in [2.24, 2.45) is 0 Å². The summed E-state index contributed by atoms with van der Waals surface area (Å²) < 4.78 is 5.25. The predicted octanol–water partition coefficient (Wildman–Crippen LogP) is 2.03. The number of amides is 1. The van der Waals surface area contributed by atoms with Crippen LogP contribution in [-0.2, 0) is 4.74 Å². The van der Waals surface area contributed by atoms with Crippen molar-refractivity contribution in [2.75, 3.05) is 13.1 Å². The van der Waals surface area contributed by atoms with Gasteiger partial charge < -0.3 is 10.1 Å². The van der Waals surface area contributed by atoms with Gasteiger partial charge in [-0.15, -0.1) is 0 Å². The van der Waals surface area contributed by atoms with Crippen molar-refractivity contribution < 1.29 is 9.53 Å².